The number of carbonyl (C=O) groups excluding carboxylic acids is 1. The van der Waals surface area contributed by atoms with Crippen LogP contribution >= 0.6 is 0 Å². The van der Waals surface area contributed by atoms with E-state index in [1.807, 2.05) is 36.4 Å². The first-order chi connectivity index (χ1) is 8.83. The van der Waals surface area contributed by atoms with E-state index in [1.165, 1.54) is 11.1 Å². The fraction of sp³-hybridized carbons (Fsp3) is 0.188. The van der Waals surface area contributed by atoms with Gasteiger partial charge in [-0.15, -0.1) is 0 Å². The largest absolute Gasteiger partial charge is 0.326 e. The van der Waals surface area contributed by atoms with Crippen LogP contribution in [0.1, 0.15) is 23.5 Å². The predicted molar refractivity (Wildman–Crippen MR) is 72.6 cm³/mol. The van der Waals surface area contributed by atoms with Gasteiger partial charge < -0.3 is 5.32 Å². The molecule has 0 aromatic heterocycles. The fourth-order valence-corrected chi connectivity index (χ4v) is 2.54. The first-order valence-corrected chi connectivity index (χ1v) is 6.25. The second-order valence-corrected chi connectivity index (χ2v) is 4.72. The predicted octanol–water partition coefficient (Wildman–Crippen LogP) is 3.36. The molecule has 2 aromatic rings. The number of amides is 1. The number of hydrogen-bond donors (Lipinski definition) is 1. The number of benzene rings is 2. The van der Waals surface area contributed by atoms with Crippen LogP contribution in [0.4, 0.5) is 5.69 Å². The highest BCUT2D eigenvalue weighted by atomic mass is 16.1. The van der Waals surface area contributed by atoms with Gasteiger partial charge in [0.1, 0.15) is 0 Å². The summed E-state index contributed by atoms with van der Waals surface area (Å²) < 4.78 is 0. The lowest BCUT2D eigenvalue weighted by Gasteiger charge is -2.13. The second kappa shape index (κ2) is 4.65. The van der Waals surface area contributed by atoms with E-state index in [0.717, 1.165) is 12.1 Å². The van der Waals surface area contributed by atoms with Gasteiger partial charge in [-0.1, -0.05) is 48.5 Å². The van der Waals surface area contributed by atoms with Crippen molar-refractivity contribution in [1.82, 2.24) is 0 Å². The third-order valence-electron chi connectivity index (χ3n) is 3.46. The SMILES string of the molecule is O=C1C[C@@H](c2ccccc2)Cc2ccccc2N1. The minimum Gasteiger partial charge on any atom is -0.326 e. The van der Waals surface area contributed by atoms with Crippen molar-refractivity contribution in [1.29, 1.82) is 0 Å². The van der Waals surface area contributed by atoms with Gasteiger partial charge in [0.2, 0.25) is 5.91 Å². The number of hydrogen-bond acceptors (Lipinski definition) is 1. The van der Waals surface area contributed by atoms with Crippen molar-refractivity contribution in [3.63, 3.8) is 0 Å². The van der Waals surface area contributed by atoms with Crippen molar-refractivity contribution in [2.24, 2.45) is 0 Å². The fourth-order valence-electron chi connectivity index (χ4n) is 2.54. The smallest absolute Gasteiger partial charge is 0.225 e. The van der Waals surface area contributed by atoms with Gasteiger partial charge in [-0.2, -0.15) is 0 Å². The number of fused-ring (bicyclic) bond motifs is 1. The molecule has 0 unspecified atom stereocenters. The van der Waals surface area contributed by atoms with Crippen LogP contribution in [0.5, 0.6) is 0 Å². The maximum atomic E-state index is 11.9. The molecule has 0 radical (unpaired) electrons. The van der Waals surface area contributed by atoms with Crippen LogP contribution in [0.25, 0.3) is 0 Å². The van der Waals surface area contributed by atoms with Crippen molar-refractivity contribution in [3.05, 3.63) is 65.7 Å². The van der Waals surface area contributed by atoms with Crippen molar-refractivity contribution in [2.75, 3.05) is 5.32 Å². The second-order valence-electron chi connectivity index (χ2n) is 4.72. The molecular weight excluding hydrogens is 222 g/mol. The average Bonchev–Trinajstić information content (AvgIpc) is 2.57. The molecule has 0 aliphatic carbocycles. The van der Waals surface area contributed by atoms with Gasteiger partial charge in [0.15, 0.2) is 0 Å². The number of carbonyl (C=O) groups is 1. The summed E-state index contributed by atoms with van der Waals surface area (Å²) in [5, 5.41) is 2.98. The van der Waals surface area contributed by atoms with Crippen LogP contribution in [0, 0.1) is 0 Å². The number of anilines is 1. The van der Waals surface area contributed by atoms with Crippen LogP contribution in [0.2, 0.25) is 0 Å². The Morgan fingerprint density at radius 2 is 1.61 bits per heavy atom. The summed E-state index contributed by atoms with van der Waals surface area (Å²) >= 11 is 0. The van der Waals surface area contributed by atoms with E-state index in [-0.39, 0.29) is 11.8 Å². The number of para-hydroxylation sites is 1. The lowest BCUT2D eigenvalue weighted by Crippen LogP contribution is -2.12. The van der Waals surface area contributed by atoms with E-state index in [2.05, 4.69) is 23.5 Å². The van der Waals surface area contributed by atoms with E-state index in [0.29, 0.717) is 6.42 Å². The molecule has 1 aliphatic rings. The Morgan fingerprint density at radius 3 is 2.44 bits per heavy atom. The monoisotopic (exact) mass is 237 g/mol. The molecule has 90 valence electrons. The standard InChI is InChI=1S/C16H15NO/c18-16-11-14(12-6-2-1-3-7-12)10-13-8-4-5-9-15(13)17-16/h1-9,14H,10-11H2,(H,17,18)/t14-/m0/s1. The maximum absolute atomic E-state index is 11.9. The number of nitrogens with one attached hydrogen (secondary N) is 1. The summed E-state index contributed by atoms with van der Waals surface area (Å²) in [6.07, 6.45) is 1.47. The summed E-state index contributed by atoms with van der Waals surface area (Å²) in [6, 6.07) is 18.3. The third-order valence-corrected chi connectivity index (χ3v) is 3.46. The lowest BCUT2D eigenvalue weighted by atomic mass is 9.90. The summed E-state index contributed by atoms with van der Waals surface area (Å²) in [4.78, 5) is 11.9. The van der Waals surface area contributed by atoms with E-state index in [4.69, 9.17) is 0 Å². The van der Waals surface area contributed by atoms with Gasteiger partial charge in [-0.3, -0.25) is 4.79 Å². The highest BCUT2D eigenvalue weighted by molar-refractivity contribution is 5.93. The van der Waals surface area contributed by atoms with Gasteiger partial charge in [-0.25, -0.2) is 0 Å². The average molecular weight is 237 g/mol. The van der Waals surface area contributed by atoms with Crippen LogP contribution in [0.15, 0.2) is 54.6 Å². The van der Waals surface area contributed by atoms with Crippen molar-refractivity contribution < 1.29 is 4.79 Å². The first kappa shape index (κ1) is 11.0. The van der Waals surface area contributed by atoms with Gasteiger partial charge in [0, 0.05) is 12.1 Å². The Kier molecular flexibility index (Phi) is 2.85. The zero-order valence-electron chi connectivity index (χ0n) is 10.1. The minimum atomic E-state index is 0.105. The minimum absolute atomic E-state index is 0.105. The van der Waals surface area contributed by atoms with Gasteiger partial charge in [0.25, 0.3) is 0 Å². The molecule has 2 aromatic carbocycles. The molecule has 2 nitrogen and oxygen atoms in total. The van der Waals surface area contributed by atoms with E-state index >= 15 is 0 Å². The topological polar surface area (TPSA) is 29.1 Å². The molecule has 0 fully saturated rings. The van der Waals surface area contributed by atoms with Crippen molar-refractivity contribution in [2.45, 2.75) is 18.8 Å². The van der Waals surface area contributed by atoms with Crippen LogP contribution in [-0.2, 0) is 11.2 Å². The Hall–Kier alpha value is -2.09. The number of rotatable bonds is 1. The molecule has 0 saturated carbocycles. The molecule has 1 aliphatic heterocycles. The molecule has 0 saturated heterocycles. The maximum Gasteiger partial charge on any atom is 0.225 e. The molecule has 0 bridgehead atoms. The molecule has 1 amide bonds. The van der Waals surface area contributed by atoms with Crippen LogP contribution in [0.3, 0.4) is 0 Å². The highest BCUT2D eigenvalue weighted by Gasteiger charge is 2.22. The molecular formula is C16H15NO. The summed E-state index contributed by atoms with van der Waals surface area (Å²) in [7, 11) is 0. The van der Waals surface area contributed by atoms with Crippen molar-refractivity contribution >= 4 is 11.6 Å². The molecule has 18 heavy (non-hydrogen) atoms. The zero-order valence-corrected chi connectivity index (χ0v) is 10.1. The Morgan fingerprint density at radius 1 is 0.889 bits per heavy atom. The zero-order chi connectivity index (χ0) is 12.4. The Labute approximate surface area is 107 Å². The summed E-state index contributed by atoms with van der Waals surface area (Å²) in [6.45, 7) is 0. The normalized spacial score (nSPS) is 18.7. The molecule has 0 spiro atoms. The molecule has 1 heterocycles. The van der Waals surface area contributed by atoms with Crippen LogP contribution in [-0.4, -0.2) is 5.91 Å². The lowest BCUT2D eigenvalue weighted by molar-refractivity contribution is -0.116. The summed E-state index contributed by atoms with van der Waals surface area (Å²) in [5.41, 5.74) is 3.42. The first-order valence-electron chi connectivity index (χ1n) is 6.25. The van der Waals surface area contributed by atoms with E-state index in [9.17, 15) is 4.79 Å². The highest BCUT2D eigenvalue weighted by Crippen LogP contribution is 2.31. The summed E-state index contributed by atoms with van der Waals surface area (Å²) in [5.74, 6) is 0.378. The Bertz CT molecular complexity index is 562. The third kappa shape index (κ3) is 2.14. The van der Waals surface area contributed by atoms with Gasteiger partial charge >= 0.3 is 0 Å². The van der Waals surface area contributed by atoms with Gasteiger partial charge in [-0.05, 0) is 29.5 Å². The molecule has 3 rings (SSSR count). The van der Waals surface area contributed by atoms with E-state index in [1.54, 1.807) is 0 Å². The van der Waals surface area contributed by atoms with Gasteiger partial charge in [0.05, 0.1) is 0 Å². The van der Waals surface area contributed by atoms with E-state index < -0.39 is 0 Å². The Balaban J connectivity index is 1.97. The van der Waals surface area contributed by atoms with Crippen molar-refractivity contribution in [3.8, 4) is 0 Å². The molecule has 1 atom stereocenters. The quantitative estimate of drug-likeness (QED) is 0.809. The molecule has 1 N–H and O–H groups in total. The van der Waals surface area contributed by atoms with Crippen LogP contribution < -0.4 is 5.32 Å². The molecule has 2 heteroatoms.